The van der Waals surface area contributed by atoms with Crippen molar-refractivity contribution in [2.75, 3.05) is 19.6 Å². The number of nitrogens with one attached hydrogen (secondary N) is 1. The van der Waals surface area contributed by atoms with Crippen LogP contribution in [0.2, 0.25) is 0 Å². The number of fused-ring (bicyclic) bond motifs is 1. The first-order valence-electron chi connectivity index (χ1n) is 6.74. The molecular weight excluding hydrogens is 214 g/mol. The van der Waals surface area contributed by atoms with E-state index in [4.69, 9.17) is 4.52 Å². The molecule has 1 N–H and O–H groups in total. The maximum absolute atomic E-state index is 5.43. The highest BCUT2D eigenvalue weighted by atomic mass is 16.5. The highest BCUT2D eigenvalue weighted by molar-refractivity contribution is 5.25. The van der Waals surface area contributed by atoms with Crippen LogP contribution < -0.4 is 5.32 Å². The summed E-state index contributed by atoms with van der Waals surface area (Å²) in [5.41, 5.74) is 2.43. The Bertz CT molecular complexity index is 348. The summed E-state index contributed by atoms with van der Waals surface area (Å²) in [4.78, 5) is 2.49. The quantitative estimate of drug-likeness (QED) is 0.768. The van der Waals surface area contributed by atoms with E-state index in [0.29, 0.717) is 0 Å². The van der Waals surface area contributed by atoms with E-state index in [-0.39, 0.29) is 0 Å². The molecule has 1 aliphatic heterocycles. The van der Waals surface area contributed by atoms with Crippen molar-refractivity contribution in [2.24, 2.45) is 0 Å². The molecule has 2 rings (SSSR count). The van der Waals surface area contributed by atoms with E-state index in [1.165, 1.54) is 18.5 Å². The second-order valence-electron chi connectivity index (χ2n) is 4.73. The zero-order chi connectivity index (χ0) is 12.1. The second-order valence-corrected chi connectivity index (χ2v) is 4.73. The van der Waals surface area contributed by atoms with Gasteiger partial charge in [-0.15, -0.1) is 0 Å². The van der Waals surface area contributed by atoms with Crippen LogP contribution in [0.25, 0.3) is 0 Å². The summed E-state index contributed by atoms with van der Waals surface area (Å²) in [6.45, 7) is 9.58. The third-order valence-corrected chi connectivity index (χ3v) is 3.25. The smallest absolute Gasteiger partial charge is 0.142 e. The average Bonchev–Trinajstić information content (AvgIpc) is 2.73. The molecule has 0 spiro atoms. The lowest BCUT2D eigenvalue weighted by Gasteiger charge is -2.25. The molecule has 0 amide bonds. The maximum atomic E-state index is 5.43. The summed E-state index contributed by atoms with van der Waals surface area (Å²) in [6, 6.07) is 0. The molecule has 17 heavy (non-hydrogen) atoms. The van der Waals surface area contributed by atoms with E-state index >= 15 is 0 Å². The summed E-state index contributed by atoms with van der Waals surface area (Å²) in [7, 11) is 0. The highest BCUT2D eigenvalue weighted by Gasteiger charge is 2.23. The van der Waals surface area contributed by atoms with E-state index in [2.05, 4.69) is 29.2 Å². The van der Waals surface area contributed by atoms with Crippen LogP contribution in [0.3, 0.4) is 0 Å². The minimum atomic E-state index is 0.840. The molecule has 0 radical (unpaired) electrons. The van der Waals surface area contributed by atoms with E-state index < -0.39 is 0 Å². The van der Waals surface area contributed by atoms with Crippen LogP contribution in [0.1, 0.15) is 43.7 Å². The van der Waals surface area contributed by atoms with Gasteiger partial charge in [0.15, 0.2) is 0 Å². The summed E-state index contributed by atoms with van der Waals surface area (Å²) < 4.78 is 5.43. The minimum Gasteiger partial charge on any atom is -0.361 e. The standard InChI is InChI=1S/C13H23N3O/c1-3-6-14-9-12-11-10-16(7-4-2)8-5-13(11)17-15-12/h14H,3-10H2,1-2H3. The van der Waals surface area contributed by atoms with Gasteiger partial charge in [0.1, 0.15) is 11.5 Å². The molecule has 96 valence electrons. The van der Waals surface area contributed by atoms with Gasteiger partial charge in [0, 0.05) is 31.6 Å². The molecule has 1 aliphatic rings. The number of aromatic nitrogens is 1. The van der Waals surface area contributed by atoms with Crippen molar-refractivity contribution in [3.63, 3.8) is 0 Å². The first-order valence-corrected chi connectivity index (χ1v) is 6.74. The Balaban J connectivity index is 1.98. The fourth-order valence-electron chi connectivity index (χ4n) is 2.35. The number of rotatable bonds is 6. The first-order chi connectivity index (χ1) is 8.35. The Hall–Kier alpha value is -0.870. The van der Waals surface area contributed by atoms with Crippen molar-refractivity contribution in [2.45, 2.75) is 46.2 Å². The Kier molecular flexibility index (Phi) is 4.57. The van der Waals surface area contributed by atoms with Gasteiger partial charge in [0.05, 0.1) is 0 Å². The van der Waals surface area contributed by atoms with Gasteiger partial charge in [-0.25, -0.2) is 0 Å². The van der Waals surface area contributed by atoms with Crippen LogP contribution in [0.4, 0.5) is 0 Å². The molecule has 0 bridgehead atoms. The Labute approximate surface area is 103 Å². The molecule has 0 unspecified atom stereocenters. The summed E-state index contributed by atoms with van der Waals surface area (Å²) in [6.07, 6.45) is 3.38. The van der Waals surface area contributed by atoms with Crippen molar-refractivity contribution in [1.29, 1.82) is 0 Å². The molecule has 1 aromatic rings. The molecule has 2 heterocycles. The van der Waals surface area contributed by atoms with Crippen LogP contribution in [0.5, 0.6) is 0 Å². The lowest BCUT2D eigenvalue weighted by Crippen LogP contribution is -2.31. The molecule has 4 nitrogen and oxygen atoms in total. The van der Waals surface area contributed by atoms with Crippen molar-refractivity contribution >= 4 is 0 Å². The normalized spacial score (nSPS) is 16.1. The third kappa shape index (κ3) is 3.07. The molecule has 0 fully saturated rings. The van der Waals surface area contributed by atoms with E-state index in [0.717, 1.165) is 50.5 Å². The Morgan fingerprint density at radius 1 is 1.35 bits per heavy atom. The van der Waals surface area contributed by atoms with Gasteiger partial charge in [-0.2, -0.15) is 0 Å². The van der Waals surface area contributed by atoms with Gasteiger partial charge in [-0.1, -0.05) is 19.0 Å². The molecular formula is C13H23N3O. The van der Waals surface area contributed by atoms with Gasteiger partial charge in [-0.05, 0) is 25.9 Å². The maximum Gasteiger partial charge on any atom is 0.142 e. The second kappa shape index (κ2) is 6.17. The Morgan fingerprint density at radius 2 is 2.24 bits per heavy atom. The lowest BCUT2D eigenvalue weighted by atomic mass is 10.1. The average molecular weight is 237 g/mol. The number of hydrogen-bond donors (Lipinski definition) is 1. The molecule has 0 atom stereocenters. The van der Waals surface area contributed by atoms with Crippen molar-refractivity contribution in [3.05, 3.63) is 17.0 Å². The SMILES string of the molecule is CCCNCc1noc2c1CN(CCC)CC2. The van der Waals surface area contributed by atoms with Crippen molar-refractivity contribution in [3.8, 4) is 0 Å². The van der Waals surface area contributed by atoms with Crippen LogP contribution >= 0.6 is 0 Å². The minimum absolute atomic E-state index is 0.840. The number of nitrogens with zero attached hydrogens (tertiary/aromatic N) is 2. The fourth-order valence-corrected chi connectivity index (χ4v) is 2.35. The van der Waals surface area contributed by atoms with Gasteiger partial charge < -0.3 is 9.84 Å². The molecule has 4 heteroatoms. The van der Waals surface area contributed by atoms with Crippen molar-refractivity contribution < 1.29 is 4.52 Å². The lowest BCUT2D eigenvalue weighted by molar-refractivity contribution is 0.237. The molecule has 0 aliphatic carbocycles. The van der Waals surface area contributed by atoms with Crippen LogP contribution in [-0.4, -0.2) is 29.7 Å². The summed E-state index contributed by atoms with van der Waals surface area (Å²) >= 11 is 0. The summed E-state index contributed by atoms with van der Waals surface area (Å²) in [5, 5.41) is 7.59. The van der Waals surface area contributed by atoms with E-state index in [9.17, 15) is 0 Å². The molecule has 0 aromatic carbocycles. The predicted molar refractivity (Wildman–Crippen MR) is 67.8 cm³/mol. The summed E-state index contributed by atoms with van der Waals surface area (Å²) in [5.74, 6) is 1.10. The monoisotopic (exact) mass is 237 g/mol. The Morgan fingerprint density at radius 3 is 3.00 bits per heavy atom. The molecule has 1 aromatic heterocycles. The van der Waals surface area contributed by atoms with E-state index in [1.807, 2.05) is 0 Å². The van der Waals surface area contributed by atoms with Crippen molar-refractivity contribution in [1.82, 2.24) is 15.4 Å². The fraction of sp³-hybridized carbons (Fsp3) is 0.769. The van der Waals surface area contributed by atoms with Gasteiger partial charge in [0.25, 0.3) is 0 Å². The highest BCUT2D eigenvalue weighted by Crippen LogP contribution is 2.22. The molecule has 0 saturated heterocycles. The number of hydrogen-bond acceptors (Lipinski definition) is 4. The van der Waals surface area contributed by atoms with Crippen LogP contribution in [0, 0.1) is 0 Å². The van der Waals surface area contributed by atoms with E-state index in [1.54, 1.807) is 0 Å². The zero-order valence-electron chi connectivity index (χ0n) is 11.0. The zero-order valence-corrected chi connectivity index (χ0v) is 11.0. The first kappa shape index (κ1) is 12.6. The largest absolute Gasteiger partial charge is 0.361 e. The van der Waals surface area contributed by atoms with Crippen LogP contribution in [0.15, 0.2) is 4.52 Å². The van der Waals surface area contributed by atoms with Gasteiger partial charge in [-0.3, -0.25) is 4.90 Å². The predicted octanol–water partition coefficient (Wildman–Crippen LogP) is 1.94. The van der Waals surface area contributed by atoms with Gasteiger partial charge >= 0.3 is 0 Å². The third-order valence-electron chi connectivity index (χ3n) is 3.25. The molecule has 0 saturated carbocycles. The van der Waals surface area contributed by atoms with Gasteiger partial charge in [0.2, 0.25) is 0 Å². The van der Waals surface area contributed by atoms with Crippen LogP contribution in [-0.2, 0) is 19.5 Å². The topological polar surface area (TPSA) is 41.3 Å².